The van der Waals surface area contributed by atoms with Crippen molar-refractivity contribution >= 4 is 5.65 Å². The highest BCUT2D eigenvalue weighted by molar-refractivity contribution is 5.39. The van der Waals surface area contributed by atoms with Crippen molar-refractivity contribution in [2.45, 2.75) is 32.0 Å². The number of hydrogen-bond acceptors (Lipinski definition) is 5. The van der Waals surface area contributed by atoms with E-state index in [-0.39, 0.29) is 11.6 Å². The van der Waals surface area contributed by atoms with E-state index in [1.54, 1.807) is 33.9 Å². The molecule has 4 aromatic heterocycles. The van der Waals surface area contributed by atoms with Gasteiger partial charge in [0, 0.05) is 43.4 Å². The SMILES string of the molecule is O=c1ccc(-n2ccnc2)nn1CC1CCCN1Cc1cn2ccccc2n1. The Morgan fingerprint density at radius 1 is 1.14 bits per heavy atom. The van der Waals surface area contributed by atoms with Crippen LogP contribution in [0.1, 0.15) is 18.5 Å². The summed E-state index contributed by atoms with van der Waals surface area (Å²) in [6.45, 7) is 2.37. The van der Waals surface area contributed by atoms with Crippen LogP contribution >= 0.6 is 0 Å². The smallest absolute Gasteiger partial charge is 0.266 e. The first-order valence-corrected chi connectivity index (χ1v) is 9.49. The summed E-state index contributed by atoms with van der Waals surface area (Å²) >= 11 is 0. The number of likely N-dealkylation sites (tertiary alicyclic amines) is 1. The van der Waals surface area contributed by atoms with Gasteiger partial charge in [-0.05, 0) is 37.6 Å². The zero-order valence-corrected chi connectivity index (χ0v) is 15.4. The average molecular weight is 375 g/mol. The third-order valence-corrected chi connectivity index (χ3v) is 5.28. The standard InChI is InChI=1S/C20H21N7O/c28-20-7-6-19(26-11-8-21-15-26)23-27(20)14-17-4-3-10-24(17)12-16-13-25-9-2-1-5-18(25)22-16/h1-2,5-9,11,13,15,17H,3-4,10,12,14H2. The predicted octanol–water partition coefficient (Wildman–Crippen LogP) is 1.74. The summed E-state index contributed by atoms with van der Waals surface area (Å²) in [6.07, 6.45) is 11.5. The number of pyridine rings is 1. The van der Waals surface area contributed by atoms with E-state index in [1.807, 2.05) is 35.0 Å². The summed E-state index contributed by atoms with van der Waals surface area (Å²) in [5.41, 5.74) is 1.92. The lowest BCUT2D eigenvalue weighted by atomic mass is 10.2. The van der Waals surface area contributed by atoms with Crippen LogP contribution in [0.5, 0.6) is 0 Å². The van der Waals surface area contributed by atoms with Crippen molar-refractivity contribution in [3.63, 3.8) is 0 Å². The highest BCUT2D eigenvalue weighted by atomic mass is 16.1. The second-order valence-corrected chi connectivity index (χ2v) is 7.15. The molecule has 5 rings (SSSR count). The molecule has 142 valence electrons. The molecular weight excluding hydrogens is 354 g/mol. The average Bonchev–Trinajstić information content (AvgIpc) is 3.45. The minimum atomic E-state index is -0.0801. The molecular formula is C20H21N7O. The molecule has 1 atom stereocenters. The van der Waals surface area contributed by atoms with Crippen LogP contribution in [0.3, 0.4) is 0 Å². The Hall–Kier alpha value is -3.26. The first-order valence-electron chi connectivity index (χ1n) is 9.49. The van der Waals surface area contributed by atoms with Gasteiger partial charge >= 0.3 is 0 Å². The topological polar surface area (TPSA) is 73.2 Å². The van der Waals surface area contributed by atoms with Crippen LogP contribution in [0.4, 0.5) is 0 Å². The van der Waals surface area contributed by atoms with Gasteiger partial charge in [0.2, 0.25) is 0 Å². The lowest BCUT2D eigenvalue weighted by Crippen LogP contribution is -2.37. The number of fused-ring (bicyclic) bond motifs is 1. The van der Waals surface area contributed by atoms with Crippen molar-refractivity contribution in [2.75, 3.05) is 6.54 Å². The van der Waals surface area contributed by atoms with Crippen molar-refractivity contribution in [3.8, 4) is 5.82 Å². The third-order valence-electron chi connectivity index (χ3n) is 5.28. The molecule has 0 aromatic carbocycles. The fourth-order valence-electron chi connectivity index (χ4n) is 3.88. The van der Waals surface area contributed by atoms with Crippen molar-refractivity contribution in [3.05, 3.63) is 77.5 Å². The number of imidazole rings is 2. The quantitative estimate of drug-likeness (QED) is 0.531. The van der Waals surface area contributed by atoms with E-state index < -0.39 is 0 Å². The summed E-state index contributed by atoms with van der Waals surface area (Å²) in [5.74, 6) is 0.696. The molecule has 1 aliphatic heterocycles. The fourth-order valence-corrected chi connectivity index (χ4v) is 3.88. The monoisotopic (exact) mass is 375 g/mol. The lowest BCUT2D eigenvalue weighted by Gasteiger charge is -2.23. The maximum absolute atomic E-state index is 12.4. The van der Waals surface area contributed by atoms with Gasteiger partial charge < -0.3 is 4.40 Å². The summed E-state index contributed by atoms with van der Waals surface area (Å²) in [5, 5.41) is 4.54. The number of nitrogens with zero attached hydrogens (tertiary/aromatic N) is 7. The second-order valence-electron chi connectivity index (χ2n) is 7.15. The summed E-state index contributed by atoms with van der Waals surface area (Å²) in [4.78, 5) is 23.5. The van der Waals surface area contributed by atoms with Crippen molar-refractivity contribution in [1.82, 2.24) is 33.6 Å². The van der Waals surface area contributed by atoms with Gasteiger partial charge in [0.25, 0.3) is 5.56 Å². The lowest BCUT2D eigenvalue weighted by molar-refractivity contribution is 0.214. The van der Waals surface area contributed by atoms with Crippen LogP contribution in [0.15, 0.2) is 66.2 Å². The minimum Gasteiger partial charge on any atom is -0.307 e. The predicted molar refractivity (Wildman–Crippen MR) is 104 cm³/mol. The number of aromatic nitrogens is 6. The van der Waals surface area contributed by atoms with Crippen LogP contribution in [-0.2, 0) is 13.1 Å². The van der Waals surface area contributed by atoms with E-state index in [1.165, 1.54) is 0 Å². The fraction of sp³-hybridized carbons (Fsp3) is 0.300. The van der Waals surface area contributed by atoms with Crippen LogP contribution in [0.2, 0.25) is 0 Å². The summed E-state index contributed by atoms with van der Waals surface area (Å²) in [7, 11) is 0. The zero-order chi connectivity index (χ0) is 18.9. The van der Waals surface area contributed by atoms with Gasteiger partial charge in [0.1, 0.15) is 12.0 Å². The molecule has 0 aliphatic carbocycles. The largest absolute Gasteiger partial charge is 0.307 e. The summed E-state index contributed by atoms with van der Waals surface area (Å²) in [6, 6.07) is 9.58. The Kier molecular flexibility index (Phi) is 4.25. The van der Waals surface area contributed by atoms with Gasteiger partial charge in [0.05, 0.1) is 12.2 Å². The molecule has 0 amide bonds. The normalized spacial score (nSPS) is 17.5. The molecule has 0 spiro atoms. The zero-order valence-electron chi connectivity index (χ0n) is 15.4. The van der Waals surface area contributed by atoms with Gasteiger partial charge in [-0.2, -0.15) is 5.10 Å². The number of rotatable bonds is 5. The second kappa shape index (κ2) is 7.05. The van der Waals surface area contributed by atoms with E-state index in [4.69, 9.17) is 4.98 Å². The van der Waals surface area contributed by atoms with Gasteiger partial charge in [-0.3, -0.25) is 14.3 Å². The maximum atomic E-state index is 12.4. The Morgan fingerprint density at radius 2 is 2.11 bits per heavy atom. The number of hydrogen-bond donors (Lipinski definition) is 0. The van der Waals surface area contributed by atoms with E-state index in [0.29, 0.717) is 12.4 Å². The van der Waals surface area contributed by atoms with E-state index in [9.17, 15) is 4.79 Å². The molecule has 1 fully saturated rings. The van der Waals surface area contributed by atoms with Crippen LogP contribution in [0, 0.1) is 0 Å². The molecule has 8 heteroatoms. The third kappa shape index (κ3) is 3.22. The van der Waals surface area contributed by atoms with E-state index in [2.05, 4.69) is 21.2 Å². The molecule has 0 bridgehead atoms. The minimum absolute atomic E-state index is 0.0801. The Bertz CT molecular complexity index is 1110. The van der Waals surface area contributed by atoms with Crippen LogP contribution in [-0.4, -0.2) is 46.2 Å². The van der Waals surface area contributed by atoms with Crippen molar-refractivity contribution in [2.24, 2.45) is 0 Å². The van der Waals surface area contributed by atoms with E-state index >= 15 is 0 Å². The molecule has 0 radical (unpaired) electrons. The van der Waals surface area contributed by atoms with Gasteiger partial charge in [-0.1, -0.05) is 6.07 Å². The van der Waals surface area contributed by atoms with Gasteiger partial charge in [-0.15, -0.1) is 0 Å². The highest BCUT2D eigenvalue weighted by Crippen LogP contribution is 2.21. The molecule has 0 N–H and O–H groups in total. The molecule has 28 heavy (non-hydrogen) atoms. The highest BCUT2D eigenvalue weighted by Gasteiger charge is 2.26. The van der Waals surface area contributed by atoms with Crippen LogP contribution < -0.4 is 5.56 Å². The molecule has 1 unspecified atom stereocenters. The van der Waals surface area contributed by atoms with Crippen LogP contribution in [0.25, 0.3) is 11.5 Å². The maximum Gasteiger partial charge on any atom is 0.266 e. The molecule has 1 aliphatic rings. The van der Waals surface area contributed by atoms with Gasteiger partial charge in [0.15, 0.2) is 5.82 Å². The first kappa shape index (κ1) is 16.9. The Morgan fingerprint density at radius 3 is 2.96 bits per heavy atom. The summed E-state index contributed by atoms with van der Waals surface area (Å²) < 4.78 is 5.42. The molecule has 1 saturated heterocycles. The van der Waals surface area contributed by atoms with Gasteiger partial charge in [-0.25, -0.2) is 14.6 Å². The van der Waals surface area contributed by atoms with Crippen molar-refractivity contribution in [1.29, 1.82) is 0 Å². The molecule has 4 aromatic rings. The molecule has 8 nitrogen and oxygen atoms in total. The molecule has 5 heterocycles. The van der Waals surface area contributed by atoms with Crippen molar-refractivity contribution < 1.29 is 0 Å². The van der Waals surface area contributed by atoms with E-state index in [0.717, 1.165) is 37.3 Å². The molecule has 0 saturated carbocycles. The Labute approximate surface area is 161 Å². The Balaban J connectivity index is 1.36. The first-order chi connectivity index (χ1) is 13.8.